The van der Waals surface area contributed by atoms with Gasteiger partial charge in [-0.2, -0.15) is 0 Å². The lowest BCUT2D eigenvalue weighted by Crippen LogP contribution is -2.11. The van der Waals surface area contributed by atoms with Gasteiger partial charge in [0.05, 0.1) is 6.10 Å². The molecular weight excluding hydrogens is 200 g/mol. The Bertz CT molecular complexity index is 382. The maximum atomic E-state index is 9.89. The first kappa shape index (κ1) is 11.2. The van der Waals surface area contributed by atoms with E-state index in [-0.39, 0.29) is 6.10 Å². The molecule has 0 saturated heterocycles. The van der Waals surface area contributed by atoms with Gasteiger partial charge < -0.3 is 9.84 Å². The molecule has 0 bridgehead atoms. The summed E-state index contributed by atoms with van der Waals surface area (Å²) in [5, 5.41) is 9.89. The summed E-state index contributed by atoms with van der Waals surface area (Å²) in [4.78, 5) is 0. The molecule has 2 heteroatoms. The van der Waals surface area contributed by atoms with Crippen LogP contribution >= 0.6 is 0 Å². The number of fused-ring (bicyclic) bond motifs is 1. The van der Waals surface area contributed by atoms with Gasteiger partial charge in [-0.15, -0.1) is 0 Å². The standard InChI is InChI=1S/C14H18O2/c1-2-3-10-16-14-9-5-6-11-12(14)7-4-8-13(11)15/h2-3,5-6,9,13,15H,4,7-8,10H2,1H3. The Labute approximate surface area is 96.6 Å². The number of ether oxygens (including phenoxy) is 1. The van der Waals surface area contributed by atoms with E-state index in [0.29, 0.717) is 6.61 Å². The minimum absolute atomic E-state index is 0.311. The molecule has 0 aromatic heterocycles. The monoisotopic (exact) mass is 218 g/mol. The first-order chi connectivity index (χ1) is 7.83. The van der Waals surface area contributed by atoms with Crippen molar-refractivity contribution in [1.82, 2.24) is 0 Å². The van der Waals surface area contributed by atoms with Crippen molar-refractivity contribution in [2.45, 2.75) is 32.3 Å². The minimum Gasteiger partial charge on any atom is -0.489 e. The predicted octanol–water partition coefficient (Wildman–Crippen LogP) is 3.01. The van der Waals surface area contributed by atoms with Crippen LogP contribution in [0.15, 0.2) is 30.4 Å². The molecule has 0 aliphatic heterocycles. The van der Waals surface area contributed by atoms with E-state index in [9.17, 15) is 5.11 Å². The van der Waals surface area contributed by atoms with E-state index in [1.807, 2.05) is 37.3 Å². The van der Waals surface area contributed by atoms with Crippen molar-refractivity contribution in [3.8, 4) is 5.75 Å². The molecule has 0 spiro atoms. The van der Waals surface area contributed by atoms with Gasteiger partial charge in [0.15, 0.2) is 0 Å². The van der Waals surface area contributed by atoms with Gasteiger partial charge in [-0.1, -0.05) is 24.3 Å². The highest BCUT2D eigenvalue weighted by atomic mass is 16.5. The molecule has 0 heterocycles. The topological polar surface area (TPSA) is 29.5 Å². The largest absolute Gasteiger partial charge is 0.489 e. The van der Waals surface area contributed by atoms with E-state index in [1.54, 1.807) is 0 Å². The molecule has 0 radical (unpaired) electrons. The molecule has 0 amide bonds. The molecule has 1 atom stereocenters. The quantitative estimate of drug-likeness (QED) is 0.790. The Morgan fingerprint density at radius 1 is 1.50 bits per heavy atom. The maximum Gasteiger partial charge on any atom is 0.123 e. The van der Waals surface area contributed by atoms with Crippen LogP contribution in [0.2, 0.25) is 0 Å². The summed E-state index contributed by atoms with van der Waals surface area (Å²) in [6, 6.07) is 5.94. The normalized spacial score (nSPS) is 19.8. The van der Waals surface area contributed by atoms with Gasteiger partial charge in [0.1, 0.15) is 12.4 Å². The Morgan fingerprint density at radius 2 is 2.38 bits per heavy atom. The van der Waals surface area contributed by atoms with Crippen LogP contribution in [0.25, 0.3) is 0 Å². The van der Waals surface area contributed by atoms with Gasteiger partial charge in [-0.25, -0.2) is 0 Å². The third kappa shape index (κ3) is 2.27. The van der Waals surface area contributed by atoms with Crippen molar-refractivity contribution in [3.05, 3.63) is 41.5 Å². The zero-order chi connectivity index (χ0) is 11.4. The van der Waals surface area contributed by atoms with Crippen LogP contribution in [0.4, 0.5) is 0 Å². The molecule has 1 N–H and O–H groups in total. The van der Waals surface area contributed by atoms with Crippen molar-refractivity contribution in [3.63, 3.8) is 0 Å². The summed E-state index contributed by atoms with van der Waals surface area (Å²) in [7, 11) is 0. The van der Waals surface area contributed by atoms with E-state index in [4.69, 9.17) is 4.74 Å². The second kappa shape index (κ2) is 5.17. The van der Waals surface area contributed by atoms with Crippen molar-refractivity contribution in [2.24, 2.45) is 0 Å². The van der Waals surface area contributed by atoms with E-state index < -0.39 is 0 Å². The third-order valence-electron chi connectivity index (χ3n) is 3.00. The number of hydrogen-bond acceptors (Lipinski definition) is 2. The van der Waals surface area contributed by atoms with Crippen LogP contribution in [-0.4, -0.2) is 11.7 Å². The second-order valence-electron chi connectivity index (χ2n) is 4.11. The lowest BCUT2D eigenvalue weighted by molar-refractivity contribution is 0.155. The smallest absolute Gasteiger partial charge is 0.123 e. The fraction of sp³-hybridized carbons (Fsp3) is 0.429. The van der Waals surface area contributed by atoms with E-state index >= 15 is 0 Å². The molecule has 1 aromatic carbocycles. The van der Waals surface area contributed by atoms with E-state index in [0.717, 1.165) is 30.6 Å². The molecule has 0 saturated carbocycles. The Balaban J connectivity index is 2.22. The predicted molar refractivity (Wildman–Crippen MR) is 64.6 cm³/mol. The van der Waals surface area contributed by atoms with E-state index in [1.165, 1.54) is 5.56 Å². The molecule has 0 fully saturated rings. The summed E-state index contributed by atoms with van der Waals surface area (Å²) in [5.74, 6) is 0.925. The van der Waals surface area contributed by atoms with Crippen LogP contribution < -0.4 is 4.74 Å². The van der Waals surface area contributed by atoms with Crippen LogP contribution in [0.5, 0.6) is 5.75 Å². The van der Waals surface area contributed by atoms with Gasteiger partial charge in [0, 0.05) is 0 Å². The first-order valence-electron chi connectivity index (χ1n) is 5.86. The number of rotatable bonds is 3. The van der Waals surface area contributed by atoms with Crippen LogP contribution in [0.1, 0.15) is 37.0 Å². The Hall–Kier alpha value is -1.28. The molecular formula is C14H18O2. The van der Waals surface area contributed by atoms with Crippen molar-refractivity contribution in [1.29, 1.82) is 0 Å². The SMILES string of the molecule is CC=CCOc1cccc2c1CCCC2O. The molecule has 86 valence electrons. The third-order valence-corrected chi connectivity index (χ3v) is 3.00. The molecule has 2 rings (SSSR count). The summed E-state index contributed by atoms with van der Waals surface area (Å²) >= 11 is 0. The fourth-order valence-corrected chi connectivity index (χ4v) is 2.16. The number of benzene rings is 1. The second-order valence-corrected chi connectivity index (χ2v) is 4.11. The lowest BCUT2D eigenvalue weighted by atomic mass is 9.89. The average Bonchev–Trinajstić information content (AvgIpc) is 2.31. The molecule has 1 unspecified atom stereocenters. The fourth-order valence-electron chi connectivity index (χ4n) is 2.16. The average molecular weight is 218 g/mol. The van der Waals surface area contributed by atoms with Gasteiger partial charge in [0.2, 0.25) is 0 Å². The van der Waals surface area contributed by atoms with Crippen LogP contribution in [0.3, 0.4) is 0 Å². The number of hydrogen-bond donors (Lipinski definition) is 1. The summed E-state index contributed by atoms with van der Waals surface area (Å²) in [6.45, 7) is 2.58. The summed E-state index contributed by atoms with van der Waals surface area (Å²) < 4.78 is 5.70. The van der Waals surface area contributed by atoms with Gasteiger partial charge in [-0.3, -0.25) is 0 Å². The lowest BCUT2D eigenvalue weighted by Gasteiger charge is -2.23. The molecule has 2 nitrogen and oxygen atoms in total. The molecule has 1 aromatic rings. The molecule has 16 heavy (non-hydrogen) atoms. The van der Waals surface area contributed by atoms with Gasteiger partial charge in [-0.05, 0) is 43.4 Å². The first-order valence-corrected chi connectivity index (χ1v) is 5.86. The highest BCUT2D eigenvalue weighted by molar-refractivity contribution is 5.42. The van der Waals surface area contributed by atoms with Gasteiger partial charge in [0.25, 0.3) is 0 Å². The molecule has 1 aliphatic rings. The number of aliphatic hydroxyl groups is 1. The van der Waals surface area contributed by atoms with Gasteiger partial charge >= 0.3 is 0 Å². The van der Waals surface area contributed by atoms with Crippen molar-refractivity contribution >= 4 is 0 Å². The zero-order valence-corrected chi connectivity index (χ0v) is 9.65. The molecule has 1 aliphatic carbocycles. The Kier molecular flexibility index (Phi) is 3.62. The summed E-state index contributed by atoms with van der Waals surface area (Å²) in [6.07, 6.45) is 6.57. The van der Waals surface area contributed by atoms with Crippen LogP contribution in [0, 0.1) is 0 Å². The zero-order valence-electron chi connectivity index (χ0n) is 9.65. The van der Waals surface area contributed by atoms with E-state index in [2.05, 4.69) is 0 Å². The van der Waals surface area contributed by atoms with Crippen molar-refractivity contribution in [2.75, 3.05) is 6.61 Å². The van der Waals surface area contributed by atoms with Crippen LogP contribution in [-0.2, 0) is 6.42 Å². The Morgan fingerprint density at radius 3 is 3.19 bits per heavy atom. The summed E-state index contributed by atoms with van der Waals surface area (Å²) in [5.41, 5.74) is 2.23. The highest BCUT2D eigenvalue weighted by Gasteiger charge is 2.20. The maximum absolute atomic E-state index is 9.89. The minimum atomic E-state index is -0.311. The number of aliphatic hydroxyl groups excluding tert-OH is 1. The van der Waals surface area contributed by atoms with Crippen molar-refractivity contribution < 1.29 is 9.84 Å². The number of allylic oxidation sites excluding steroid dienone is 1. The highest BCUT2D eigenvalue weighted by Crippen LogP contribution is 2.35.